The van der Waals surface area contributed by atoms with Gasteiger partial charge in [0.2, 0.25) is 0 Å². The number of nitrogens with two attached hydrogens (primary N) is 1. The molecule has 90 valence electrons. The van der Waals surface area contributed by atoms with Crippen LogP contribution in [-0.2, 0) is 13.5 Å². The third-order valence-electron chi connectivity index (χ3n) is 2.40. The van der Waals surface area contributed by atoms with Crippen molar-refractivity contribution in [1.82, 2.24) is 14.8 Å². The molecule has 2 rings (SSSR count). The third-order valence-corrected chi connectivity index (χ3v) is 3.46. The Balaban J connectivity index is 2.14. The number of H-pyrrole nitrogens is 1. The standard InChI is InChI=1S/C11H14N4OS/c1-15-10(16)13-14-11(15)17-9-4-2-8(3-5-9)6-7-12/h2-5H,6-7,12H2,1H3,(H,13,16). The molecule has 1 heterocycles. The minimum atomic E-state index is -0.202. The molecule has 0 bridgehead atoms. The van der Waals surface area contributed by atoms with E-state index in [4.69, 9.17) is 5.73 Å². The Morgan fingerprint density at radius 1 is 1.41 bits per heavy atom. The maximum absolute atomic E-state index is 11.2. The highest BCUT2D eigenvalue weighted by Crippen LogP contribution is 2.24. The highest BCUT2D eigenvalue weighted by atomic mass is 32.2. The molecule has 0 amide bonds. The second-order valence-electron chi connectivity index (χ2n) is 3.66. The molecule has 2 aromatic rings. The quantitative estimate of drug-likeness (QED) is 0.840. The van der Waals surface area contributed by atoms with E-state index in [-0.39, 0.29) is 5.69 Å². The third kappa shape index (κ3) is 2.78. The summed E-state index contributed by atoms with van der Waals surface area (Å²) in [5.74, 6) is 0. The van der Waals surface area contributed by atoms with Gasteiger partial charge in [-0.25, -0.2) is 9.89 Å². The van der Waals surface area contributed by atoms with Crippen molar-refractivity contribution >= 4 is 11.8 Å². The maximum atomic E-state index is 11.2. The number of nitrogens with one attached hydrogen (secondary N) is 1. The van der Waals surface area contributed by atoms with Gasteiger partial charge < -0.3 is 5.73 Å². The molecule has 0 saturated heterocycles. The van der Waals surface area contributed by atoms with Crippen LogP contribution >= 0.6 is 11.8 Å². The minimum absolute atomic E-state index is 0.202. The minimum Gasteiger partial charge on any atom is -0.330 e. The summed E-state index contributed by atoms with van der Waals surface area (Å²) in [6, 6.07) is 8.10. The molecule has 0 radical (unpaired) electrons. The number of benzene rings is 1. The Bertz CT molecular complexity index is 543. The number of nitrogens with zero attached hydrogens (tertiary/aromatic N) is 2. The first kappa shape index (κ1) is 11.9. The van der Waals surface area contributed by atoms with Gasteiger partial charge in [0.15, 0.2) is 5.16 Å². The summed E-state index contributed by atoms with van der Waals surface area (Å²) >= 11 is 1.45. The van der Waals surface area contributed by atoms with Crippen LogP contribution in [0.5, 0.6) is 0 Å². The predicted molar refractivity (Wildman–Crippen MR) is 67.2 cm³/mol. The molecular formula is C11H14N4OS. The molecule has 17 heavy (non-hydrogen) atoms. The highest BCUT2D eigenvalue weighted by Gasteiger charge is 2.05. The van der Waals surface area contributed by atoms with Gasteiger partial charge >= 0.3 is 5.69 Å². The molecule has 1 aromatic heterocycles. The van der Waals surface area contributed by atoms with E-state index in [0.29, 0.717) is 11.7 Å². The molecule has 1 aromatic carbocycles. The first-order valence-corrected chi connectivity index (χ1v) is 6.10. The van der Waals surface area contributed by atoms with Crippen LogP contribution < -0.4 is 11.4 Å². The lowest BCUT2D eigenvalue weighted by Crippen LogP contribution is -2.12. The van der Waals surface area contributed by atoms with E-state index < -0.39 is 0 Å². The highest BCUT2D eigenvalue weighted by molar-refractivity contribution is 7.99. The van der Waals surface area contributed by atoms with Crippen molar-refractivity contribution in [2.45, 2.75) is 16.5 Å². The van der Waals surface area contributed by atoms with Gasteiger partial charge in [0.05, 0.1) is 0 Å². The van der Waals surface area contributed by atoms with Crippen molar-refractivity contribution < 1.29 is 0 Å². The van der Waals surface area contributed by atoms with Gasteiger partial charge in [0, 0.05) is 11.9 Å². The van der Waals surface area contributed by atoms with E-state index >= 15 is 0 Å². The van der Waals surface area contributed by atoms with E-state index in [9.17, 15) is 4.79 Å². The Morgan fingerprint density at radius 2 is 2.12 bits per heavy atom. The largest absolute Gasteiger partial charge is 0.343 e. The van der Waals surface area contributed by atoms with Crippen molar-refractivity contribution in [1.29, 1.82) is 0 Å². The maximum Gasteiger partial charge on any atom is 0.343 e. The molecule has 0 spiro atoms. The molecular weight excluding hydrogens is 236 g/mol. The average molecular weight is 250 g/mol. The summed E-state index contributed by atoms with van der Waals surface area (Å²) in [5, 5.41) is 7.00. The number of aromatic nitrogens is 3. The first-order chi connectivity index (χ1) is 8.20. The van der Waals surface area contributed by atoms with Crippen LogP contribution in [0.15, 0.2) is 39.1 Å². The van der Waals surface area contributed by atoms with Crippen molar-refractivity contribution in [2.75, 3.05) is 6.54 Å². The van der Waals surface area contributed by atoms with Gasteiger partial charge in [-0.15, -0.1) is 5.10 Å². The second kappa shape index (κ2) is 5.20. The average Bonchev–Trinajstić information content (AvgIpc) is 2.64. The summed E-state index contributed by atoms with van der Waals surface area (Å²) in [7, 11) is 1.69. The number of aromatic amines is 1. The van der Waals surface area contributed by atoms with Crippen LogP contribution in [-0.4, -0.2) is 21.3 Å². The number of hydrogen-bond acceptors (Lipinski definition) is 4. The van der Waals surface area contributed by atoms with E-state index in [1.54, 1.807) is 7.05 Å². The Labute approximate surface area is 103 Å². The topological polar surface area (TPSA) is 76.7 Å². The fourth-order valence-corrected chi connectivity index (χ4v) is 2.21. The SMILES string of the molecule is Cn1c(Sc2ccc(CCN)cc2)n[nH]c1=O. The summed E-state index contributed by atoms with van der Waals surface area (Å²) in [4.78, 5) is 12.2. The fourth-order valence-electron chi connectivity index (χ4n) is 1.42. The van der Waals surface area contributed by atoms with E-state index in [0.717, 1.165) is 11.3 Å². The zero-order chi connectivity index (χ0) is 12.3. The van der Waals surface area contributed by atoms with Crippen LogP contribution in [0.1, 0.15) is 5.56 Å². The van der Waals surface area contributed by atoms with Crippen molar-refractivity contribution in [3.63, 3.8) is 0 Å². The van der Waals surface area contributed by atoms with Gasteiger partial charge in [-0.3, -0.25) is 4.57 Å². The Morgan fingerprint density at radius 3 is 2.65 bits per heavy atom. The molecule has 0 atom stereocenters. The summed E-state index contributed by atoms with van der Waals surface area (Å²) in [6.07, 6.45) is 0.881. The van der Waals surface area contributed by atoms with Crippen LogP contribution in [0.2, 0.25) is 0 Å². The van der Waals surface area contributed by atoms with E-state index in [1.807, 2.05) is 24.3 Å². The zero-order valence-electron chi connectivity index (χ0n) is 9.51. The monoisotopic (exact) mass is 250 g/mol. The Hall–Kier alpha value is -1.53. The predicted octanol–water partition coefficient (Wildman–Crippen LogP) is 0.761. The molecule has 6 heteroatoms. The lowest BCUT2D eigenvalue weighted by atomic mass is 10.2. The zero-order valence-corrected chi connectivity index (χ0v) is 10.3. The van der Waals surface area contributed by atoms with Gasteiger partial charge in [0.1, 0.15) is 0 Å². The molecule has 0 fully saturated rings. The molecule has 0 saturated carbocycles. The van der Waals surface area contributed by atoms with E-state index in [2.05, 4.69) is 10.2 Å². The lowest BCUT2D eigenvalue weighted by Gasteiger charge is -2.02. The first-order valence-electron chi connectivity index (χ1n) is 5.29. The molecule has 0 aliphatic carbocycles. The van der Waals surface area contributed by atoms with Gasteiger partial charge in [-0.05, 0) is 42.4 Å². The van der Waals surface area contributed by atoms with Crippen LogP contribution in [0.3, 0.4) is 0 Å². The molecule has 0 aliphatic heterocycles. The molecule has 5 nitrogen and oxygen atoms in total. The molecule has 0 aliphatic rings. The lowest BCUT2D eigenvalue weighted by molar-refractivity contribution is 0.766. The van der Waals surface area contributed by atoms with Gasteiger partial charge in [-0.1, -0.05) is 12.1 Å². The van der Waals surface area contributed by atoms with Crippen molar-refractivity contribution in [2.24, 2.45) is 12.8 Å². The summed E-state index contributed by atoms with van der Waals surface area (Å²) < 4.78 is 1.48. The Kier molecular flexibility index (Phi) is 3.65. The smallest absolute Gasteiger partial charge is 0.330 e. The van der Waals surface area contributed by atoms with Crippen molar-refractivity contribution in [3.05, 3.63) is 40.3 Å². The van der Waals surface area contributed by atoms with Gasteiger partial charge in [-0.2, -0.15) is 0 Å². The summed E-state index contributed by atoms with van der Waals surface area (Å²) in [6.45, 7) is 0.653. The number of rotatable bonds is 4. The van der Waals surface area contributed by atoms with E-state index in [1.165, 1.54) is 21.9 Å². The second-order valence-corrected chi connectivity index (χ2v) is 4.70. The van der Waals surface area contributed by atoms with Crippen LogP contribution in [0, 0.1) is 0 Å². The van der Waals surface area contributed by atoms with Gasteiger partial charge in [0.25, 0.3) is 0 Å². The van der Waals surface area contributed by atoms with Crippen LogP contribution in [0.4, 0.5) is 0 Å². The molecule has 0 unspecified atom stereocenters. The molecule has 3 N–H and O–H groups in total. The fraction of sp³-hybridized carbons (Fsp3) is 0.273. The summed E-state index contributed by atoms with van der Waals surface area (Å²) in [5.41, 5.74) is 6.50. The van der Waals surface area contributed by atoms with Crippen LogP contribution in [0.25, 0.3) is 0 Å². The normalized spacial score (nSPS) is 10.7. The van der Waals surface area contributed by atoms with Crippen molar-refractivity contribution in [3.8, 4) is 0 Å². The number of hydrogen-bond donors (Lipinski definition) is 2.